The van der Waals surface area contributed by atoms with Crippen LogP contribution in [0.5, 0.6) is 5.88 Å². The van der Waals surface area contributed by atoms with Crippen molar-refractivity contribution in [1.29, 1.82) is 0 Å². The number of pyridine rings is 2. The van der Waals surface area contributed by atoms with E-state index in [-0.39, 0.29) is 5.56 Å². The lowest BCUT2D eigenvalue weighted by atomic mass is 10.0. The number of morpholine rings is 2. The van der Waals surface area contributed by atoms with E-state index in [0.717, 1.165) is 6.20 Å². The normalized spacial score (nSPS) is 18.2. The van der Waals surface area contributed by atoms with E-state index < -0.39 is 17.6 Å². The van der Waals surface area contributed by atoms with Gasteiger partial charge in [0.25, 0.3) is 0 Å². The highest BCUT2D eigenvalue weighted by Crippen LogP contribution is 2.39. The van der Waals surface area contributed by atoms with Crippen LogP contribution in [0, 0.1) is 0 Å². The monoisotopic (exact) mass is 410 g/mol. The molecule has 0 unspecified atom stereocenters. The number of anilines is 2. The molecular weight excluding hydrogens is 389 g/mol. The molecule has 2 aliphatic heterocycles. The Labute approximate surface area is 165 Å². The summed E-state index contributed by atoms with van der Waals surface area (Å²) in [6.07, 6.45) is -3.57. The number of hydrogen-bond acceptors (Lipinski definition) is 7. The smallest absolute Gasteiger partial charge is 0.417 e. The van der Waals surface area contributed by atoms with Crippen molar-refractivity contribution in [3.8, 4) is 17.0 Å². The van der Waals surface area contributed by atoms with Crippen LogP contribution < -0.4 is 9.80 Å². The maximum absolute atomic E-state index is 13.6. The van der Waals surface area contributed by atoms with Gasteiger partial charge in [-0.05, 0) is 17.7 Å². The molecular formula is C19H21F3N4O3. The molecule has 0 amide bonds. The van der Waals surface area contributed by atoms with E-state index in [9.17, 15) is 18.3 Å². The average Bonchev–Trinajstić information content (AvgIpc) is 2.74. The Kier molecular flexibility index (Phi) is 5.46. The second kappa shape index (κ2) is 8.03. The molecule has 156 valence electrons. The molecule has 2 aromatic heterocycles. The largest absolute Gasteiger partial charge is 0.493 e. The van der Waals surface area contributed by atoms with Crippen molar-refractivity contribution >= 4 is 11.6 Å². The lowest BCUT2D eigenvalue weighted by Gasteiger charge is -2.32. The fraction of sp³-hybridized carbons (Fsp3) is 0.474. The molecule has 0 bridgehead atoms. The number of ether oxygens (including phenoxy) is 2. The van der Waals surface area contributed by atoms with Gasteiger partial charge in [-0.25, -0.2) is 9.97 Å². The minimum absolute atomic E-state index is 0.0956. The van der Waals surface area contributed by atoms with Gasteiger partial charge in [0.05, 0.1) is 32.0 Å². The molecule has 1 N–H and O–H groups in total. The van der Waals surface area contributed by atoms with E-state index in [4.69, 9.17) is 14.5 Å². The Morgan fingerprint density at radius 3 is 1.86 bits per heavy atom. The van der Waals surface area contributed by atoms with Gasteiger partial charge < -0.3 is 24.4 Å². The molecule has 4 rings (SSSR count). The Hall–Kier alpha value is -2.59. The first-order valence-corrected chi connectivity index (χ1v) is 9.36. The number of halogens is 3. The van der Waals surface area contributed by atoms with Crippen molar-refractivity contribution in [2.45, 2.75) is 6.18 Å². The zero-order chi connectivity index (χ0) is 20.4. The minimum Gasteiger partial charge on any atom is -0.493 e. The van der Waals surface area contributed by atoms with Gasteiger partial charge in [0.2, 0.25) is 5.88 Å². The van der Waals surface area contributed by atoms with Gasteiger partial charge in [-0.15, -0.1) is 0 Å². The Morgan fingerprint density at radius 1 is 0.862 bits per heavy atom. The topological polar surface area (TPSA) is 71.0 Å². The summed E-state index contributed by atoms with van der Waals surface area (Å²) in [6, 6.07) is 3.93. The molecule has 0 atom stereocenters. The fourth-order valence-electron chi connectivity index (χ4n) is 3.48. The van der Waals surface area contributed by atoms with E-state index in [1.54, 1.807) is 12.1 Å². The van der Waals surface area contributed by atoms with Gasteiger partial charge in [-0.3, -0.25) is 0 Å². The van der Waals surface area contributed by atoms with Crippen LogP contribution in [0.15, 0.2) is 24.4 Å². The van der Waals surface area contributed by atoms with Gasteiger partial charge >= 0.3 is 6.18 Å². The van der Waals surface area contributed by atoms with Crippen LogP contribution in [0.1, 0.15) is 5.56 Å². The number of aromatic nitrogens is 2. The summed E-state index contributed by atoms with van der Waals surface area (Å²) >= 11 is 0. The maximum atomic E-state index is 13.6. The van der Waals surface area contributed by atoms with Crippen LogP contribution >= 0.6 is 0 Å². The molecule has 0 aliphatic carbocycles. The summed E-state index contributed by atoms with van der Waals surface area (Å²) in [6.45, 7) is 4.58. The lowest BCUT2D eigenvalue weighted by molar-refractivity contribution is -0.137. The van der Waals surface area contributed by atoms with Gasteiger partial charge in [-0.2, -0.15) is 13.2 Å². The van der Waals surface area contributed by atoms with E-state index in [1.807, 2.05) is 9.80 Å². The third kappa shape index (κ3) is 4.38. The highest BCUT2D eigenvalue weighted by atomic mass is 19.4. The molecule has 2 aliphatic rings. The summed E-state index contributed by atoms with van der Waals surface area (Å²) in [5.41, 5.74) is -0.679. The predicted octanol–water partition coefficient (Wildman–Crippen LogP) is 2.54. The summed E-state index contributed by atoms with van der Waals surface area (Å²) in [7, 11) is 0. The second-order valence-corrected chi connectivity index (χ2v) is 6.86. The number of aromatic hydroxyl groups is 1. The van der Waals surface area contributed by atoms with E-state index in [0.29, 0.717) is 75.9 Å². The molecule has 10 heteroatoms. The highest BCUT2D eigenvalue weighted by Gasteiger charge is 2.35. The first kappa shape index (κ1) is 19.7. The molecule has 2 aromatic rings. The van der Waals surface area contributed by atoms with Crippen LogP contribution in [-0.4, -0.2) is 67.7 Å². The van der Waals surface area contributed by atoms with Gasteiger partial charge in [0, 0.05) is 44.0 Å². The van der Waals surface area contributed by atoms with Crippen LogP contribution in [0.4, 0.5) is 24.8 Å². The summed E-state index contributed by atoms with van der Waals surface area (Å²) in [5.74, 6) is 0.513. The van der Waals surface area contributed by atoms with Crippen LogP contribution in [-0.2, 0) is 15.7 Å². The minimum atomic E-state index is -4.63. The van der Waals surface area contributed by atoms with E-state index in [1.165, 1.54) is 0 Å². The molecule has 7 nitrogen and oxygen atoms in total. The van der Waals surface area contributed by atoms with Crippen molar-refractivity contribution in [2.24, 2.45) is 0 Å². The molecule has 29 heavy (non-hydrogen) atoms. The molecule has 0 radical (unpaired) electrons. The predicted molar refractivity (Wildman–Crippen MR) is 100 cm³/mol. The Bertz CT molecular complexity index is 830. The summed E-state index contributed by atoms with van der Waals surface area (Å²) in [4.78, 5) is 12.4. The zero-order valence-electron chi connectivity index (χ0n) is 15.7. The first-order chi connectivity index (χ1) is 13.9. The number of nitrogens with zero attached hydrogens (tertiary/aromatic N) is 4. The summed E-state index contributed by atoms with van der Waals surface area (Å²) < 4.78 is 51.6. The highest BCUT2D eigenvalue weighted by molar-refractivity contribution is 5.74. The Morgan fingerprint density at radius 2 is 1.38 bits per heavy atom. The van der Waals surface area contributed by atoms with E-state index >= 15 is 0 Å². The standard InChI is InChI=1S/C19H21F3N4O3/c20-19(21,22)15-11-18(27)23-12-14(15)13-9-16(25-1-5-28-6-2-25)24-17(10-13)26-3-7-29-8-4-26/h9-12H,1-8H2,(H,23,27). The molecule has 2 saturated heterocycles. The van der Waals surface area contributed by atoms with Gasteiger partial charge in [-0.1, -0.05) is 0 Å². The third-order valence-corrected chi connectivity index (χ3v) is 4.97. The van der Waals surface area contributed by atoms with Crippen molar-refractivity contribution in [3.05, 3.63) is 30.0 Å². The van der Waals surface area contributed by atoms with Crippen molar-refractivity contribution in [1.82, 2.24) is 9.97 Å². The fourth-order valence-corrected chi connectivity index (χ4v) is 3.48. The quantitative estimate of drug-likeness (QED) is 0.834. The van der Waals surface area contributed by atoms with Crippen molar-refractivity contribution < 1.29 is 27.8 Å². The zero-order valence-corrected chi connectivity index (χ0v) is 15.7. The van der Waals surface area contributed by atoms with Crippen LogP contribution in [0.3, 0.4) is 0 Å². The number of hydrogen-bond donors (Lipinski definition) is 1. The van der Waals surface area contributed by atoms with Crippen LogP contribution in [0.25, 0.3) is 11.1 Å². The average molecular weight is 410 g/mol. The molecule has 0 saturated carbocycles. The van der Waals surface area contributed by atoms with Gasteiger partial charge in [0.1, 0.15) is 11.6 Å². The Balaban J connectivity index is 1.82. The summed E-state index contributed by atoms with van der Waals surface area (Å²) in [5, 5.41) is 9.50. The SMILES string of the molecule is Oc1cc(C(F)(F)F)c(-c2cc(N3CCOCC3)nc(N3CCOCC3)c2)cn1. The van der Waals surface area contributed by atoms with Gasteiger partial charge in [0.15, 0.2) is 0 Å². The molecule has 0 spiro atoms. The molecule has 2 fully saturated rings. The third-order valence-electron chi connectivity index (χ3n) is 4.97. The first-order valence-electron chi connectivity index (χ1n) is 9.36. The lowest BCUT2D eigenvalue weighted by Crippen LogP contribution is -2.39. The number of rotatable bonds is 3. The van der Waals surface area contributed by atoms with E-state index in [2.05, 4.69) is 4.98 Å². The van der Waals surface area contributed by atoms with Crippen LogP contribution in [0.2, 0.25) is 0 Å². The molecule has 4 heterocycles. The van der Waals surface area contributed by atoms with Crippen molar-refractivity contribution in [2.75, 3.05) is 62.4 Å². The second-order valence-electron chi connectivity index (χ2n) is 6.86. The maximum Gasteiger partial charge on any atom is 0.417 e. The molecule has 0 aromatic carbocycles. The van der Waals surface area contributed by atoms with Crippen molar-refractivity contribution in [3.63, 3.8) is 0 Å². The number of alkyl halides is 3.